The lowest BCUT2D eigenvalue weighted by molar-refractivity contribution is 0.331. The first kappa shape index (κ1) is 16.0. The van der Waals surface area contributed by atoms with E-state index in [0.29, 0.717) is 12.1 Å². The smallest absolute Gasteiger partial charge is 0.252 e. The largest absolute Gasteiger partial charge is 0.447 e. The van der Waals surface area contributed by atoms with Crippen LogP contribution in [0.5, 0.6) is 0 Å². The number of fused-ring (bicyclic) bond motifs is 2. The second-order valence-electron chi connectivity index (χ2n) is 7.18. The van der Waals surface area contributed by atoms with E-state index in [1.165, 1.54) is 5.57 Å². The summed E-state index contributed by atoms with van der Waals surface area (Å²) in [5.41, 5.74) is 2.60. The molecule has 4 aliphatic rings. The van der Waals surface area contributed by atoms with Gasteiger partial charge in [-0.15, -0.1) is 0 Å². The van der Waals surface area contributed by atoms with Gasteiger partial charge in [0.25, 0.3) is 7.37 Å². The maximum atomic E-state index is 13.9. The van der Waals surface area contributed by atoms with E-state index in [1.807, 2.05) is 6.08 Å². The molecule has 0 saturated carbocycles. The zero-order chi connectivity index (χ0) is 16.6. The van der Waals surface area contributed by atoms with Crippen molar-refractivity contribution in [3.05, 3.63) is 72.1 Å². The predicted molar refractivity (Wildman–Crippen MR) is 100 cm³/mol. The molecule has 0 aromatic carbocycles. The Labute approximate surface area is 144 Å². The molecule has 0 spiro atoms. The second-order valence-corrected chi connectivity index (χ2v) is 9.84. The normalized spacial score (nSPS) is 37.3. The minimum absolute atomic E-state index is 0.155. The summed E-state index contributed by atoms with van der Waals surface area (Å²) in [5, 5.41) is 0. The van der Waals surface area contributed by atoms with Crippen LogP contribution in [0.1, 0.15) is 32.1 Å². The minimum atomic E-state index is -2.68. The molecular formula is C21H25O2P. The summed E-state index contributed by atoms with van der Waals surface area (Å²) in [5.74, 6) is 1.60. The molecular weight excluding hydrogens is 315 g/mol. The number of allylic oxidation sites excluding steroid dienone is 11. The first-order valence-corrected chi connectivity index (χ1v) is 10.9. The van der Waals surface area contributed by atoms with Crippen molar-refractivity contribution in [1.29, 1.82) is 0 Å². The van der Waals surface area contributed by atoms with Gasteiger partial charge < -0.3 is 4.52 Å². The van der Waals surface area contributed by atoms with E-state index < -0.39 is 7.37 Å². The highest BCUT2D eigenvalue weighted by Gasteiger charge is 2.47. The highest BCUT2D eigenvalue weighted by molar-refractivity contribution is 7.60. The Morgan fingerprint density at radius 2 is 2.17 bits per heavy atom. The van der Waals surface area contributed by atoms with Gasteiger partial charge in [-0.25, -0.2) is 0 Å². The average Bonchev–Trinajstić information content (AvgIpc) is 2.62. The third-order valence-electron chi connectivity index (χ3n) is 5.62. The van der Waals surface area contributed by atoms with E-state index in [4.69, 9.17) is 4.52 Å². The molecule has 3 heteroatoms. The van der Waals surface area contributed by atoms with Gasteiger partial charge in [-0.3, -0.25) is 4.57 Å². The van der Waals surface area contributed by atoms with Crippen LogP contribution in [0.25, 0.3) is 0 Å². The Kier molecular flexibility index (Phi) is 4.26. The molecule has 0 amide bonds. The minimum Gasteiger partial charge on any atom is -0.447 e. The highest BCUT2D eigenvalue weighted by atomic mass is 31.2. The SMILES string of the molecule is C=CC1=CCC(CP2(=O)OC3=C(C=CCC3)C3C=CCCC32)C=C1. The summed E-state index contributed by atoms with van der Waals surface area (Å²) >= 11 is 0. The van der Waals surface area contributed by atoms with Gasteiger partial charge in [0.15, 0.2) is 0 Å². The van der Waals surface area contributed by atoms with Crippen molar-refractivity contribution in [3.8, 4) is 0 Å². The molecule has 0 aromatic rings. The third kappa shape index (κ3) is 2.82. The van der Waals surface area contributed by atoms with Crippen molar-refractivity contribution >= 4 is 7.37 Å². The van der Waals surface area contributed by atoms with Crippen LogP contribution in [0, 0.1) is 11.8 Å². The number of hydrogen-bond acceptors (Lipinski definition) is 2. The maximum absolute atomic E-state index is 13.9. The van der Waals surface area contributed by atoms with Gasteiger partial charge >= 0.3 is 0 Å². The topological polar surface area (TPSA) is 26.3 Å². The Morgan fingerprint density at radius 3 is 2.96 bits per heavy atom. The molecule has 4 unspecified atom stereocenters. The van der Waals surface area contributed by atoms with Crippen molar-refractivity contribution < 1.29 is 9.09 Å². The van der Waals surface area contributed by atoms with Gasteiger partial charge in [-0.1, -0.05) is 55.2 Å². The summed E-state index contributed by atoms with van der Waals surface area (Å²) in [6.45, 7) is 3.82. The third-order valence-corrected chi connectivity index (χ3v) is 8.71. The molecule has 24 heavy (non-hydrogen) atoms. The van der Waals surface area contributed by atoms with E-state index >= 15 is 0 Å². The molecule has 0 aromatic heterocycles. The van der Waals surface area contributed by atoms with E-state index in [0.717, 1.165) is 43.4 Å². The first-order chi connectivity index (χ1) is 11.7. The molecule has 1 aliphatic heterocycles. The van der Waals surface area contributed by atoms with E-state index in [2.05, 4.69) is 49.1 Å². The van der Waals surface area contributed by atoms with Crippen LogP contribution in [-0.4, -0.2) is 11.8 Å². The molecule has 1 heterocycles. The van der Waals surface area contributed by atoms with Gasteiger partial charge in [-0.2, -0.15) is 0 Å². The fourth-order valence-electron chi connectivity index (χ4n) is 4.35. The maximum Gasteiger partial charge on any atom is 0.252 e. The van der Waals surface area contributed by atoms with Crippen molar-refractivity contribution in [2.24, 2.45) is 11.8 Å². The quantitative estimate of drug-likeness (QED) is 0.471. The second kappa shape index (κ2) is 6.41. The van der Waals surface area contributed by atoms with Crippen LogP contribution in [0.15, 0.2) is 72.1 Å². The van der Waals surface area contributed by atoms with Gasteiger partial charge in [0.05, 0.1) is 5.66 Å². The molecule has 3 aliphatic carbocycles. The van der Waals surface area contributed by atoms with Crippen LogP contribution < -0.4 is 0 Å². The summed E-state index contributed by atoms with van der Waals surface area (Å²) in [6, 6.07) is 0. The van der Waals surface area contributed by atoms with Crippen LogP contribution in [-0.2, 0) is 9.09 Å². The Hall–Kier alpha value is -1.53. The van der Waals surface area contributed by atoms with Crippen molar-refractivity contribution in [2.45, 2.75) is 37.8 Å². The summed E-state index contributed by atoms with van der Waals surface area (Å²) < 4.78 is 20.2. The van der Waals surface area contributed by atoms with Crippen molar-refractivity contribution in [3.63, 3.8) is 0 Å². The molecule has 4 atom stereocenters. The number of hydrogen-bond donors (Lipinski definition) is 0. The Morgan fingerprint density at radius 1 is 1.25 bits per heavy atom. The van der Waals surface area contributed by atoms with Crippen LogP contribution in [0.4, 0.5) is 0 Å². The van der Waals surface area contributed by atoms with E-state index in [-0.39, 0.29) is 11.6 Å². The van der Waals surface area contributed by atoms with Gasteiger partial charge in [0, 0.05) is 18.5 Å². The zero-order valence-corrected chi connectivity index (χ0v) is 15.0. The molecule has 0 fully saturated rings. The molecule has 0 bridgehead atoms. The lowest BCUT2D eigenvalue weighted by Crippen LogP contribution is -2.32. The molecule has 126 valence electrons. The van der Waals surface area contributed by atoms with Crippen LogP contribution >= 0.6 is 7.37 Å². The lowest BCUT2D eigenvalue weighted by atomic mass is 9.85. The summed E-state index contributed by atoms with van der Waals surface area (Å²) in [7, 11) is -2.68. The fraction of sp³-hybridized carbons (Fsp3) is 0.429. The van der Waals surface area contributed by atoms with E-state index in [9.17, 15) is 4.57 Å². The van der Waals surface area contributed by atoms with Gasteiger partial charge in [0.1, 0.15) is 5.76 Å². The predicted octanol–water partition coefficient (Wildman–Crippen LogP) is 5.92. The van der Waals surface area contributed by atoms with E-state index in [1.54, 1.807) is 0 Å². The Bertz CT molecular complexity index is 735. The monoisotopic (exact) mass is 340 g/mol. The molecule has 4 rings (SSSR count). The molecule has 0 N–H and O–H groups in total. The lowest BCUT2D eigenvalue weighted by Gasteiger charge is -2.42. The molecule has 2 nitrogen and oxygen atoms in total. The highest BCUT2D eigenvalue weighted by Crippen LogP contribution is 2.65. The standard InChI is InChI=1S/C21H25O2P/c1-2-16-11-13-17(14-12-16)15-24(22)21-10-6-4-8-19(21)18-7-3-5-9-20(18)23-24/h2-4,7-8,11-13,17,19,21H,1,5-6,9-10,14-15H2. The number of rotatable bonds is 3. The van der Waals surface area contributed by atoms with Crippen molar-refractivity contribution in [2.75, 3.05) is 6.16 Å². The van der Waals surface area contributed by atoms with Gasteiger partial charge in [-0.05, 0) is 42.7 Å². The van der Waals surface area contributed by atoms with Crippen molar-refractivity contribution in [1.82, 2.24) is 0 Å². The summed E-state index contributed by atoms with van der Waals surface area (Å²) in [6.07, 6.45) is 22.8. The average molecular weight is 340 g/mol. The first-order valence-electron chi connectivity index (χ1n) is 9.05. The molecule has 0 saturated heterocycles. The summed E-state index contributed by atoms with van der Waals surface area (Å²) in [4.78, 5) is 0. The van der Waals surface area contributed by atoms with Crippen LogP contribution in [0.3, 0.4) is 0 Å². The van der Waals surface area contributed by atoms with Gasteiger partial charge in [0.2, 0.25) is 0 Å². The molecule has 0 radical (unpaired) electrons. The van der Waals surface area contributed by atoms with Crippen LogP contribution in [0.2, 0.25) is 0 Å². The fourth-order valence-corrected chi connectivity index (χ4v) is 7.62. The zero-order valence-electron chi connectivity index (χ0n) is 14.1. The Balaban J connectivity index is 1.61.